The van der Waals surface area contributed by atoms with E-state index in [-0.39, 0.29) is 0 Å². The number of rotatable bonds is 6. The molecular weight excluding hydrogens is 340 g/mol. The van der Waals surface area contributed by atoms with E-state index in [4.69, 9.17) is 14.8 Å². The van der Waals surface area contributed by atoms with Gasteiger partial charge in [0.1, 0.15) is 11.6 Å². The second-order valence-electron chi connectivity index (χ2n) is 6.73. The molecule has 1 atom stereocenters. The van der Waals surface area contributed by atoms with Crippen LogP contribution in [-0.2, 0) is 11.2 Å². The zero-order chi connectivity index (χ0) is 18.5. The van der Waals surface area contributed by atoms with Crippen molar-refractivity contribution in [3.05, 3.63) is 60.6 Å². The molecule has 4 heterocycles. The largest absolute Gasteiger partial charge is 0.384 e. The minimum Gasteiger partial charge on any atom is -0.384 e. The van der Waals surface area contributed by atoms with Crippen molar-refractivity contribution >= 4 is 5.82 Å². The van der Waals surface area contributed by atoms with Crippen LogP contribution in [0, 0.1) is 0 Å². The lowest BCUT2D eigenvalue weighted by Crippen LogP contribution is -2.35. The predicted octanol–water partition coefficient (Wildman–Crippen LogP) is 2.63. The Morgan fingerprint density at radius 3 is 2.93 bits per heavy atom. The first-order chi connectivity index (χ1) is 13.3. The van der Waals surface area contributed by atoms with Gasteiger partial charge in [-0.1, -0.05) is 6.07 Å². The Morgan fingerprint density at radius 1 is 1.19 bits per heavy atom. The van der Waals surface area contributed by atoms with Crippen molar-refractivity contribution in [2.45, 2.75) is 25.2 Å². The third kappa shape index (κ3) is 3.98. The van der Waals surface area contributed by atoms with Crippen LogP contribution in [0.2, 0.25) is 0 Å². The van der Waals surface area contributed by atoms with Crippen molar-refractivity contribution in [2.75, 3.05) is 31.7 Å². The average Bonchev–Trinajstić information content (AvgIpc) is 3.18. The van der Waals surface area contributed by atoms with Gasteiger partial charge in [-0.25, -0.2) is 14.6 Å². The Hall–Kier alpha value is -2.80. The highest BCUT2D eigenvalue weighted by Crippen LogP contribution is 2.29. The average molecular weight is 364 g/mol. The second-order valence-corrected chi connectivity index (χ2v) is 6.73. The van der Waals surface area contributed by atoms with Crippen LogP contribution in [0.1, 0.15) is 30.4 Å². The molecule has 3 aromatic rings. The molecule has 7 nitrogen and oxygen atoms in total. The highest BCUT2D eigenvalue weighted by Gasteiger charge is 2.27. The zero-order valence-electron chi connectivity index (χ0n) is 15.5. The maximum absolute atomic E-state index is 5.20. The molecule has 1 fully saturated rings. The molecule has 0 aromatic carbocycles. The van der Waals surface area contributed by atoms with Gasteiger partial charge in [-0.15, -0.1) is 0 Å². The summed E-state index contributed by atoms with van der Waals surface area (Å²) in [6.07, 6.45) is 8.35. The highest BCUT2D eigenvalue weighted by atomic mass is 16.5. The number of aromatic nitrogens is 5. The summed E-state index contributed by atoms with van der Waals surface area (Å²) >= 11 is 0. The SMILES string of the molecule is COCCc1nc([C@@H]2CCCN(c3ccccn3)C2)n(-c2cccnc2)n1. The summed E-state index contributed by atoms with van der Waals surface area (Å²) in [6, 6.07) is 10.00. The van der Waals surface area contributed by atoms with Gasteiger partial charge in [0.05, 0.1) is 18.5 Å². The Labute approximate surface area is 159 Å². The number of hydrogen-bond donors (Lipinski definition) is 0. The third-order valence-electron chi connectivity index (χ3n) is 4.86. The van der Waals surface area contributed by atoms with Gasteiger partial charge in [0.2, 0.25) is 0 Å². The number of anilines is 1. The Kier molecular flexibility index (Phi) is 5.39. The van der Waals surface area contributed by atoms with Crippen LogP contribution < -0.4 is 4.90 Å². The van der Waals surface area contributed by atoms with Crippen LogP contribution in [0.15, 0.2) is 48.9 Å². The molecule has 140 valence electrons. The molecule has 0 unspecified atom stereocenters. The summed E-state index contributed by atoms with van der Waals surface area (Å²) < 4.78 is 7.15. The van der Waals surface area contributed by atoms with Crippen LogP contribution in [0.5, 0.6) is 0 Å². The zero-order valence-corrected chi connectivity index (χ0v) is 15.5. The van der Waals surface area contributed by atoms with E-state index in [1.807, 2.05) is 41.3 Å². The molecule has 1 saturated heterocycles. The summed E-state index contributed by atoms with van der Waals surface area (Å²) in [5, 5.41) is 4.74. The molecular formula is C20H24N6O. The minimum absolute atomic E-state index is 0.296. The molecule has 27 heavy (non-hydrogen) atoms. The van der Waals surface area contributed by atoms with Crippen molar-refractivity contribution in [3.8, 4) is 5.69 Å². The smallest absolute Gasteiger partial charge is 0.153 e. The van der Waals surface area contributed by atoms with Gasteiger partial charge in [-0.2, -0.15) is 5.10 Å². The van der Waals surface area contributed by atoms with Crippen LogP contribution in [0.3, 0.4) is 0 Å². The summed E-state index contributed by atoms with van der Waals surface area (Å²) in [5.41, 5.74) is 0.943. The molecule has 0 amide bonds. The minimum atomic E-state index is 0.296. The molecule has 3 aromatic heterocycles. The van der Waals surface area contributed by atoms with E-state index in [2.05, 4.69) is 20.9 Å². The fourth-order valence-electron chi connectivity index (χ4n) is 3.54. The number of piperidine rings is 1. The number of pyridine rings is 2. The summed E-state index contributed by atoms with van der Waals surface area (Å²) in [6.45, 7) is 2.52. The lowest BCUT2D eigenvalue weighted by atomic mass is 9.97. The first-order valence-corrected chi connectivity index (χ1v) is 9.36. The van der Waals surface area contributed by atoms with E-state index >= 15 is 0 Å². The monoisotopic (exact) mass is 364 g/mol. The lowest BCUT2D eigenvalue weighted by Gasteiger charge is -2.33. The van der Waals surface area contributed by atoms with Crippen molar-refractivity contribution in [2.24, 2.45) is 0 Å². The molecule has 0 N–H and O–H groups in total. The van der Waals surface area contributed by atoms with Gasteiger partial charge in [0.15, 0.2) is 5.82 Å². The number of nitrogens with zero attached hydrogens (tertiary/aromatic N) is 6. The van der Waals surface area contributed by atoms with Crippen LogP contribution in [-0.4, -0.2) is 51.5 Å². The Bertz CT molecular complexity index is 851. The topological polar surface area (TPSA) is 69.0 Å². The van der Waals surface area contributed by atoms with Crippen molar-refractivity contribution in [1.29, 1.82) is 0 Å². The summed E-state index contributed by atoms with van der Waals surface area (Å²) in [5.74, 6) is 3.12. The van der Waals surface area contributed by atoms with E-state index < -0.39 is 0 Å². The number of hydrogen-bond acceptors (Lipinski definition) is 6. The third-order valence-corrected chi connectivity index (χ3v) is 4.86. The van der Waals surface area contributed by atoms with Crippen molar-refractivity contribution in [1.82, 2.24) is 24.7 Å². The quantitative estimate of drug-likeness (QED) is 0.670. The van der Waals surface area contributed by atoms with Crippen molar-refractivity contribution in [3.63, 3.8) is 0 Å². The molecule has 1 aliphatic heterocycles. The van der Waals surface area contributed by atoms with E-state index in [1.54, 1.807) is 13.3 Å². The molecule has 4 rings (SSSR count). The van der Waals surface area contributed by atoms with Gasteiger partial charge < -0.3 is 9.64 Å². The van der Waals surface area contributed by atoms with E-state index in [1.165, 1.54) is 0 Å². The fourth-order valence-corrected chi connectivity index (χ4v) is 3.54. The Balaban J connectivity index is 1.64. The molecule has 0 saturated carbocycles. The van der Waals surface area contributed by atoms with Crippen LogP contribution in [0.25, 0.3) is 5.69 Å². The molecule has 0 spiro atoms. The molecule has 0 radical (unpaired) electrons. The highest BCUT2D eigenvalue weighted by molar-refractivity contribution is 5.39. The van der Waals surface area contributed by atoms with Gasteiger partial charge in [-0.3, -0.25) is 4.98 Å². The first kappa shape index (κ1) is 17.6. The summed E-state index contributed by atoms with van der Waals surface area (Å²) in [4.78, 5) is 16.0. The number of ether oxygens (including phenoxy) is 1. The maximum atomic E-state index is 5.20. The molecule has 0 aliphatic carbocycles. The maximum Gasteiger partial charge on any atom is 0.153 e. The number of methoxy groups -OCH3 is 1. The first-order valence-electron chi connectivity index (χ1n) is 9.36. The predicted molar refractivity (Wildman–Crippen MR) is 103 cm³/mol. The normalized spacial score (nSPS) is 17.2. The van der Waals surface area contributed by atoms with E-state index in [9.17, 15) is 0 Å². The standard InChI is InChI=1S/C20H24N6O/c1-27-13-9-18-23-20(26(24-18)17-7-4-10-21-14-17)16-6-5-12-25(15-16)19-8-2-3-11-22-19/h2-4,7-8,10-11,14,16H,5-6,9,12-13,15H2,1H3/t16-/m1/s1. The van der Waals surface area contributed by atoms with E-state index in [0.29, 0.717) is 18.9 Å². The van der Waals surface area contributed by atoms with Crippen molar-refractivity contribution < 1.29 is 4.74 Å². The Morgan fingerprint density at radius 2 is 2.15 bits per heavy atom. The van der Waals surface area contributed by atoms with Crippen LogP contribution in [0.4, 0.5) is 5.82 Å². The lowest BCUT2D eigenvalue weighted by molar-refractivity contribution is 0.200. The molecule has 1 aliphatic rings. The molecule has 0 bridgehead atoms. The van der Waals surface area contributed by atoms with E-state index in [0.717, 1.165) is 49.1 Å². The van der Waals surface area contributed by atoms with Gasteiger partial charge in [-0.05, 0) is 37.1 Å². The van der Waals surface area contributed by atoms with Crippen LogP contribution >= 0.6 is 0 Å². The van der Waals surface area contributed by atoms with Gasteiger partial charge in [0, 0.05) is 44.9 Å². The van der Waals surface area contributed by atoms with Gasteiger partial charge in [0.25, 0.3) is 0 Å². The van der Waals surface area contributed by atoms with Gasteiger partial charge >= 0.3 is 0 Å². The second kappa shape index (κ2) is 8.26. The fraction of sp³-hybridized carbons (Fsp3) is 0.400. The molecule has 7 heteroatoms. The summed E-state index contributed by atoms with van der Waals surface area (Å²) in [7, 11) is 1.70.